The summed E-state index contributed by atoms with van der Waals surface area (Å²) < 4.78 is 26.4. The summed E-state index contributed by atoms with van der Waals surface area (Å²) in [4.78, 5) is 36.3. The van der Waals surface area contributed by atoms with Crippen LogP contribution in [-0.2, 0) is 25.2 Å². The molecule has 1 aromatic heterocycles. The molecule has 1 amide bonds. The lowest BCUT2D eigenvalue weighted by molar-refractivity contribution is -0.192. The lowest BCUT2D eigenvalue weighted by Gasteiger charge is -2.40. The van der Waals surface area contributed by atoms with Gasteiger partial charge in [0.25, 0.3) is 5.91 Å². The normalized spacial score (nSPS) is 28.0. The van der Waals surface area contributed by atoms with Crippen LogP contribution in [0, 0.1) is 0 Å². The van der Waals surface area contributed by atoms with Crippen LogP contribution in [0.2, 0.25) is 0 Å². The van der Waals surface area contributed by atoms with Crippen molar-refractivity contribution in [3.05, 3.63) is 54.7 Å². The Bertz CT molecular complexity index is 1060. The highest BCUT2D eigenvalue weighted by Gasteiger charge is 2.48. The SMILES string of the molecule is O=C1C=CN([C@@H]2O[C@H](COP(=O)(O)O)[C@H](O)C2O)C(O)N1Cc1ncc(-c2ccccc2)o1. The zero-order valence-electron chi connectivity index (χ0n) is 17.0. The van der Waals surface area contributed by atoms with Crippen LogP contribution in [-0.4, -0.2) is 83.3 Å². The predicted molar refractivity (Wildman–Crippen MR) is 108 cm³/mol. The average Bonchev–Trinajstić information content (AvgIpc) is 3.35. The summed E-state index contributed by atoms with van der Waals surface area (Å²) in [5.41, 5.74) is 0.781. The number of oxazole rings is 1. The van der Waals surface area contributed by atoms with Gasteiger partial charge in [-0.3, -0.25) is 14.2 Å². The molecule has 3 heterocycles. The zero-order valence-corrected chi connectivity index (χ0v) is 17.9. The van der Waals surface area contributed by atoms with E-state index in [2.05, 4.69) is 9.51 Å². The van der Waals surface area contributed by atoms with E-state index in [1.165, 1.54) is 12.4 Å². The maximum absolute atomic E-state index is 12.4. The number of aromatic nitrogens is 1. The molecule has 1 aromatic carbocycles. The standard InChI is InChI=1S/C19H22N3O10P/c23-15-6-7-21(18-17(25)16(24)13(32-18)10-30-33(27,28)29)19(26)22(15)9-14-20-8-12(31-14)11-4-2-1-3-5-11/h1-8,13,16-19,24-26H,9-10H2,(H2,27,28,29)/t13-,16+,17?,18-,19?/m1/s1. The fourth-order valence-corrected chi connectivity index (χ4v) is 3.86. The van der Waals surface area contributed by atoms with Gasteiger partial charge in [0.05, 0.1) is 12.8 Å². The third kappa shape index (κ3) is 5.16. The molecule has 1 saturated heterocycles. The number of carbonyl (C=O) groups is 1. The van der Waals surface area contributed by atoms with E-state index in [-0.39, 0.29) is 12.4 Å². The first-order valence-corrected chi connectivity index (χ1v) is 11.3. The van der Waals surface area contributed by atoms with Gasteiger partial charge >= 0.3 is 7.82 Å². The van der Waals surface area contributed by atoms with Crippen LogP contribution < -0.4 is 0 Å². The highest BCUT2D eigenvalue weighted by molar-refractivity contribution is 7.46. The van der Waals surface area contributed by atoms with Crippen LogP contribution in [0.25, 0.3) is 11.3 Å². The second-order valence-electron chi connectivity index (χ2n) is 7.39. The van der Waals surface area contributed by atoms with Crippen molar-refractivity contribution < 1.29 is 48.1 Å². The Kier molecular flexibility index (Phi) is 6.66. The number of aliphatic hydroxyl groups is 3. The number of aliphatic hydroxyl groups excluding tert-OH is 3. The molecule has 5 N–H and O–H groups in total. The Hall–Kier alpha value is -2.61. The molecule has 0 bridgehead atoms. The number of benzene rings is 1. The molecule has 2 aliphatic heterocycles. The summed E-state index contributed by atoms with van der Waals surface area (Å²) in [6.45, 7) is -0.905. The van der Waals surface area contributed by atoms with Crippen LogP contribution in [0.1, 0.15) is 5.89 Å². The van der Waals surface area contributed by atoms with Gasteiger partial charge < -0.3 is 39.2 Å². The topological polar surface area (TPSA) is 186 Å². The van der Waals surface area contributed by atoms with Gasteiger partial charge in [-0.2, -0.15) is 0 Å². The summed E-state index contributed by atoms with van der Waals surface area (Å²) in [5, 5.41) is 31.3. The number of ether oxygens (including phenoxy) is 1. The lowest BCUT2D eigenvalue weighted by Crippen LogP contribution is -2.56. The van der Waals surface area contributed by atoms with E-state index >= 15 is 0 Å². The van der Waals surface area contributed by atoms with Gasteiger partial charge in [-0.15, -0.1) is 0 Å². The summed E-state index contributed by atoms with van der Waals surface area (Å²) >= 11 is 0. The van der Waals surface area contributed by atoms with Crippen molar-refractivity contribution in [2.24, 2.45) is 0 Å². The van der Waals surface area contributed by atoms with Crippen molar-refractivity contribution in [3.63, 3.8) is 0 Å². The van der Waals surface area contributed by atoms with Crippen molar-refractivity contribution >= 4 is 13.7 Å². The maximum Gasteiger partial charge on any atom is 0.469 e. The first-order chi connectivity index (χ1) is 15.6. The van der Waals surface area contributed by atoms with Crippen LogP contribution in [0.3, 0.4) is 0 Å². The fraction of sp³-hybridized carbons (Fsp3) is 0.368. The Morgan fingerprint density at radius 2 is 1.85 bits per heavy atom. The van der Waals surface area contributed by atoms with Gasteiger partial charge in [0, 0.05) is 17.8 Å². The molecular weight excluding hydrogens is 461 g/mol. The van der Waals surface area contributed by atoms with Gasteiger partial charge in [0.2, 0.25) is 12.2 Å². The smallest absolute Gasteiger partial charge is 0.439 e. The van der Waals surface area contributed by atoms with Crippen molar-refractivity contribution in [2.75, 3.05) is 6.61 Å². The minimum Gasteiger partial charge on any atom is -0.439 e. The number of phosphoric acid groups is 1. The van der Waals surface area contributed by atoms with Gasteiger partial charge in [-0.05, 0) is 0 Å². The van der Waals surface area contributed by atoms with Crippen molar-refractivity contribution in [1.29, 1.82) is 0 Å². The predicted octanol–water partition coefficient (Wildman–Crippen LogP) is -0.669. The third-order valence-corrected chi connectivity index (χ3v) is 5.66. The molecule has 13 nitrogen and oxygen atoms in total. The number of hydrogen-bond donors (Lipinski definition) is 5. The van der Waals surface area contributed by atoms with E-state index in [0.717, 1.165) is 21.4 Å². The number of rotatable bonds is 7. The van der Waals surface area contributed by atoms with Gasteiger partial charge in [-0.1, -0.05) is 30.3 Å². The summed E-state index contributed by atoms with van der Waals surface area (Å²) in [7, 11) is -4.83. The minimum absolute atomic E-state index is 0.150. The highest BCUT2D eigenvalue weighted by atomic mass is 31.2. The molecule has 1 fully saturated rings. The molecule has 0 radical (unpaired) electrons. The minimum atomic E-state index is -4.83. The number of amides is 1. The Balaban J connectivity index is 1.46. The molecule has 2 aliphatic rings. The van der Waals surface area contributed by atoms with Crippen molar-refractivity contribution in [3.8, 4) is 11.3 Å². The van der Waals surface area contributed by atoms with E-state index in [9.17, 15) is 24.7 Å². The highest BCUT2D eigenvalue weighted by Crippen LogP contribution is 2.38. The largest absolute Gasteiger partial charge is 0.469 e. The average molecular weight is 483 g/mol. The number of hydrogen-bond acceptors (Lipinski definition) is 10. The number of phosphoric ester groups is 1. The molecule has 0 spiro atoms. The molecule has 5 atom stereocenters. The molecule has 33 heavy (non-hydrogen) atoms. The van der Waals surface area contributed by atoms with Crippen LogP contribution >= 0.6 is 7.82 Å². The van der Waals surface area contributed by atoms with E-state index in [0.29, 0.717) is 5.76 Å². The van der Waals surface area contributed by atoms with E-state index in [1.807, 2.05) is 30.3 Å². The van der Waals surface area contributed by atoms with E-state index < -0.39 is 51.2 Å². The zero-order chi connectivity index (χ0) is 23.8. The first kappa shape index (κ1) is 23.5. The van der Waals surface area contributed by atoms with E-state index in [1.54, 1.807) is 0 Å². The van der Waals surface area contributed by atoms with Crippen LogP contribution in [0.15, 0.2) is 53.2 Å². The molecule has 0 aliphatic carbocycles. The summed E-state index contributed by atoms with van der Waals surface area (Å²) in [6.07, 6.45) is -3.59. The molecule has 2 unspecified atom stereocenters. The van der Waals surface area contributed by atoms with Gasteiger partial charge in [0.1, 0.15) is 24.9 Å². The Labute approximate surface area is 187 Å². The molecule has 0 saturated carbocycles. The van der Waals surface area contributed by atoms with Crippen LogP contribution in [0.5, 0.6) is 0 Å². The molecule has 2 aromatic rings. The Morgan fingerprint density at radius 3 is 2.55 bits per heavy atom. The maximum atomic E-state index is 12.4. The molecule has 14 heteroatoms. The van der Waals surface area contributed by atoms with Gasteiger partial charge in [0.15, 0.2) is 12.0 Å². The quantitative estimate of drug-likeness (QED) is 0.313. The lowest BCUT2D eigenvalue weighted by atomic mass is 10.1. The van der Waals surface area contributed by atoms with E-state index in [4.69, 9.17) is 18.9 Å². The molecule has 4 rings (SSSR count). The summed E-state index contributed by atoms with van der Waals surface area (Å²) in [5.74, 6) is 0.0625. The molecular formula is C19H22N3O10P. The third-order valence-electron chi connectivity index (χ3n) is 5.17. The first-order valence-electron chi connectivity index (χ1n) is 9.80. The van der Waals surface area contributed by atoms with Crippen molar-refractivity contribution in [2.45, 2.75) is 37.4 Å². The second-order valence-corrected chi connectivity index (χ2v) is 8.63. The summed E-state index contributed by atoms with van der Waals surface area (Å²) in [6, 6.07) is 9.16. The monoisotopic (exact) mass is 483 g/mol. The van der Waals surface area contributed by atoms with Gasteiger partial charge in [-0.25, -0.2) is 9.55 Å². The molecule has 178 valence electrons. The van der Waals surface area contributed by atoms with Crippen LogP contribution in [0.4, 0.5) is 0 Å². The number of nitrogens with zero attached hydrogens (tertiary/aromatic N) is 3. The fourth-order valence-electron chi connectivity index (χ4n) is 3.52. The Morgan fingerprint density at radius 1 is 1.12 bits per heavy atom. The number of carbonyl (C=O) groups excluding carboxylic acids is 1. The van der Waals surface area contributed by atoms with Crippen molar-refractivity contribution in [1.82, 2.24) is 14.8 Å². The second kappa shape index (κ2) is 9.33.